The van der Waals surface area contributed by atoms with Crippen LogP contribution in [0.4, 0.5) is 0 Å². The van der Waals surface area contributed by atoms with Gasteiger partial charge in [0.25, 0.3) is 0 Å². The Morgan fingerprint density at radius 2 is 1.78 bits per heavy atom. The van der Waals surface area contributed by atoms with Crippen LogP contribution in [0.3, 0.4) is 0 Å². The lowest BCUT2D eigenvalue weighted by molar-refractivity contribution is 0.0650. The molecule has 0 aliphatic carbocycles. The van der Waals surface area contributed by atoms with E-state index in [1.807, 2.05) is 0 Å². The molecule has 0 aliphatic heterocycles. The largest absolute Gasteiger partial charge is 0.478 e. The van der Waals surface area contributed by atoms with Gasteiger partial charge in [0.1, 0.15) is 0 Å². The average molecular weight is 252 g/mol. The van der Waals surface area contributed by atoms with Gasteiger partial charge in [0.15, 0.2) is 0 Å². The van der Waals surface area contributed by atoms with Crippen LogP contribution in [0.25, 0.3) is 0 Å². The fraction of sp³-hybridized carbons (Fsp3) is 0.385. The predicted molar refractivity (Wildman–Crippen MR) is 65.1 cm³/mol. The second-order valence-electron chi connectivity index (χ2n) is 4.06. The van der Waals surface area contributed by atoms with Crippen molar-refractivity contribution < 1.29 is 24.9 Å². The highest BCUT2D eigenvalue weighted by Crippen LogP contribution is 2.20. The van der Waals surface area contributed by atoms with Gasteiger partial charge in [0, 0.05) is 6.61 Å². The minimum Gasteiger partial charge on any atom is -0.478 e. The van der Waals surface area contributed by atoms with Gasteiger partial charge in [-0.25, -0.2) is 9.59 Å². The van der Waals surface area contributed by atoms with Gasteiger partial charge in [-0.2, -0.15) is 0 Å². The lowest BCUT2D eigenvalue weighted by atomic mass is 9.94. The van der Waals surface area contributed by atoms with Crippen molar-refractivity contribution >= 4 is 11.9 Å². The summed E-state index contributed by atoms with van der Waals surface area (Å²) in [5.41, 5.74) is 0.959. The standard InChI is InChI=1S/C13H16O5/c1-8-9(4-2-3-7-14)5-6-10(12(15)16)11(8)13(17)18/h5-6,14H,2-4,7H2,1H3,(H,15,16)(H,17,18). The zero-order valence-electron chi connectivity index (χ0n) is 10.1. The number of aryl methyl sites for hydroxylation is 1. The molecule has 0 atom stereocenters. The molecule has 0 heterocycles. The molecule has 0 radical (unpaired) electrons. The van der Waals surface area contributed by atoms with E-state index in [-0.39, 0.29) is 17.7 Å². The number of benzene rings is 1. The van der Waals surface area contributed by atoms with Crippen LogP contribution < -0.4 is 0 Å². The number of hydrogen-bond acceptors (Lipinski definition) is 3. The summed E-state index contributed by atoms with van der Waals surface area (Å²) in [6, 6.07) is 2.97. The maximum atomic E-state index is 11.1. The Labute approximate surface area is 105 Å². The first-order chi connectivity index (χ1) is 8.49. The lowest BCUT2D eigenvalue weighted by Crippen LogP contribution is -2.12. The number of carboxylic acids is 2. The highest BCUT2D eigenvalue weighted by molar-refractivity contribution is 6.03. The van der Waals surface area contributed by atoms with E-state index in [0.29, 0.717) is 18.4 Å². The molecule has 0 aromatic heterocycles. The molecule has 1 aromatic carbocycles. The first kappa shape index (κ1) is 14.2. The molecule has 98 valence electrons. The summed E-state index contributed by atoms with van der Waals surface area (Å²) in [6.45, 7) is 1.71. The Morgan fingerprint density at radius 1 is 1.11 bits per heavy atom. The molecular formula is C13H16O5. The SMILES string of the molecule is Cc1c(CCCCO)ccc(C(=O)O)c1C(=O)O. The Hall–Kier alpha value is -1.88. The van der Waals surface area contributed by atoms with E-state index in [4.69, 9.17) is 15.3 Å². The normalized spacial score (nSPS) is 10.3. The zero-order valence-corrected chi connectivity index (χ0v) is 10.1. The maximum Gasteiger partial charge on any atom is 0.336 e. The molecule has 0 spiro atoms. The molecular weight excluding hydrogens is 236 g/mol. The minimum absolute atomic E-state index is 0.0953. The Bertz CT molecular complexity index is 465. The molecule has 1 rings (SSSR count). The molecule has 3 N–H and O–H groups in total. The molecule has 0 fully saturated rings. The number of carboxylic acid groups (broad SMARTS) is 2. The number of unbranched alkanes of at least 4 members (excludes halogenated alkanes) is 1. The van der Waals surface area contributed by atoms with Crippen LogP contribution in [0.5, 0.6) is 0 Å². The molecule has 0 unspecified atom stereocenters. The van der Waals surface area contributed by atoms with Gasteiger partial charge in [-0.05, 0) is 43.4 Å². The lowest BCUT2D eigenvalue weighted by Gasteiger charge is -2.11. The molecule has 0 bridgehead atoms. The fourth-order valence-electron chi connectivity index (χ4n) is 1.91. The van der Waals surface area contributed by atoms with E-state index < -0.39 is 11.9 Å². The molecule has 5 heteroatoms. The highest BCUT2D eigenvalue weighted by Gasteiger charge is 2.20. The van der Waals surface area contributed by atoms with Crippen LogP contribution in [0.15, 0.2) is 12.1 Å². The minimum atomic E-state index is -1.24. The summed E-state index contributed by atoms with van der Waals surface area (Å²) >= 11 is 0. The molecule has 0 saturated heterocycles. The summed E-state index contributed by atoms with van der Waals surface area (Å²) in [4.78, 5) is 22.1. The van der Waals surface area contributed by atoms with Gasteiger partial charge in [-0.3, -0.25) is 0 Å². The monoisotopic (exact) mass is 252 g/mol. The van der Waals surface area contributed by atoms with E-state index in [9.17, 15) is 9.59 Å². The fourth-order valence-corrected chi connectivity index (χ4v) is 1.91. The van der Waals surface area contributed by atoms with Gasteiger partial charge in [-0.1, -0.05) is 6.07 Å². The van der Waals surface area contributed by atoms with Crippen molar-refractivity contribution in [3.63, 3.8) is 0 Å². The van der Waals surface area contributed by atoms with Gasteiger partial charge in [-0.15, -0.1) is 0 Å². The molecule has 5 nitrogen and oxygen atoms in total. The van der Waals surface area contributed by atoms with Crippen LogP contribution in [0, 0.1) is 6.92 Å². The Morgan fingerprint density at radius 3 is 2.28 bits per heavy atom. The topological polar surface area (TPSA) is 94.8 Å². The van der Waals surface area contributed by atoms with E-state index >= 15 is 0 Å². The van der Waals surface area contributed by atoms with E-state index in [0.717, 1.165) is 12.0 Å². The average Bonchev–Trinajstić information content (AvgIpc) is 2.30. The van der Waals surface area contributed by atoms with Gasteiger partial charge >= 0.3 is 11.9 Å². The number of aliphatic hydroxyl groups excluding tert-OH is 1. The zero-order chi connectivity index (χ0) is 13.7. The Kier molecular flexibility index (Phi) is 4.85. The molecule has 0 saturated carbocycles. The first-order valence-electron chi connectivity index (χ1n) is 5.69. The number of carbonyl (C=O) groups is 2. The van der Waals surface area contributed by atoms with E-state index in [2.05, 4.69) is 0 Å². The second-order valence-corrected chi connectivity index (χ2v) is 4.06. The van der Waals surface area contributed by atoms with Crippen LogP contribution in [-0.2, 0) is 6.42 Å². The predicted octanol–water partition coefficient (Wildman–Crippen LogP) is 1.71. The van der Waals surface area contributed by atoms with Gasteiger partial charge in [0.2, 0.25) is 0 Å². The van der Waals surface area contributed by atoms with Crippen molar-refractivity contribution in [2.75, 3.05) is 6.61 Å². The highest BCUT2D eigenvalue weighted by atomic mass is 16.4. The summed E-state index contributed by atoms with van der Waals surface area (Å²) in [5.74, 6) is -2.47. The Balaban J connectivity index is 3.14. The third-order valence-corrected chi connectivity index (χ3v) is 2.88. The van der Waals surface area contributed by atoms with Gasteiger partial charge < -0.3 is 15.3 Å². The van der Waals surface area contributed by atoms with Crippen LogP contribution in [0.2, 0.25) is 0 Å². The number of aliphatic hydroxyl groups is 1. The molecule has 0 aliphatic rings. The third-order valence-electron chi connectivity index (χ3n) is 2.88. The van der Waals surface area contributed by atoms with Crippen molar-refractivity contribution in [2.24, 2.45) is 0 Å². The van der Waals surface area contributed by atoms with Crippen molar-refractivity contribution in [1.29, 1.82) is 0 Å². The molecule has 1 aromatic rings. The van der Waals surface area contributed by atoms with Crippen LogP contribution in [0.1, 0.15) is 44.7 Å². The summed E-state index contributed by atoms with van der Waals surface area (Å²) < 4.78 is 0. The summed E-state index contributed by atoms with van der Waals surface area (Å²) in [5, 5.41) is 26.7. The van der Waals surface area contributed by atoms with Crippen LogP contribution >= 0.6 is 0 Å². The molecule has 18 heavy (non-hydrogen) atoms. The van der Waals surface area contributed by atoms with Crippen molar-refractivity contribution in [2.45, 2.75) is 26.2 Å². The number of aromatic carboxylic acids is 2. The quantitative estimate of drug-likeness (QED) is 0.670. The number of rotatable bonds is 6. The van der Waals surface area contributed by atoms with Crippen molar-refractivity contribution in [3.8, 4) is 0 Å². The second kappa shape index (κ2) is 6.16. The third kappa shape index (κ3) is 3.07. The molecule has 0 amide bonds. The number of hydrogen-bond donors (Lipinski definition) is 3. The van der Waals surface area contributed by atoms with E-state index in [1.165, 1.54) is 6.07 Å². The maximum absolute atomic E-state index is 11.1. The smallest absolute Gasteiger partial charge is 0.336 e. The summed E-state index contributed by atoms with van der Waals surface area (Å²) in [6.07, 6.45) is 2.01. The summed E-state index contributed by atoms with van der Waals surface area (Å²) in [7, 11) is 0. The van der Waals surface area contributed by atoms with Crippen LogP contribution in [-0.4, -0.2) is 33.9 Å². The first-order valence-corrected chi connectivity index (χ1v) is 5.69. The van der Waals surface area contributed by atoms with Gasteiger partial charge in [0.05, 0.1) is 11.1 Å². The van der Waals surface area contributed by atoms with Crippen molar-refractivity contribution in [1.82, 2.24) is 0 Å². The van der Waals surface area contributed by atoms with Crippen molar-refractivity contribution in [3.05, 3.63) is 34.4 Å². The van der Waals surface area contributed by atoms with E-state index in [1.54, 1.807) is 13.0 Å².